The first-order valence-electron chi connectivity index (χ1n) is 10.7. The van der Waals surface area contributed by atoms with E-state index in [0.29, 0.717) is 17.1 Å². The largest absolute Gasteiger partial charge is 0.339 e. The molecule has 0 bridgehead atoms. The van der Waals surface area contributed by atoms with Crippen molar-refractivity contribution in [1.82, 2.24) is 58.7 Å². The normalized spacial score (nSPS) is 11.7. The van der Waals surface area contributed by atoms with E-state index >= 15 is 0 Å². The molecule has 0 aliphatic heterocycles. The number of aryl methyl sites for hydroxylation is 1. The Balaban J connectivity index is 1.82. The molecule has 0 amide bonds. The molecule has 0 unspecified atom stereocenters. The van der Waals surface area contributed by atoms with Gasteiger partial charge in [0.15, 0.2) is 0 Å². The molecule has 34 heavy (non-hydrogen) atoms. The third kappa shape index (κ3) is 4.49. The van der Waals surface area contributed by atoms with Gasteiger partial charge in [0.05, 0.1) is 35.7 Å². The minimum absolute atomic E-state index is 0.120. The summed E-state index contributed by atoms with van der Waals surface area (Å²) >= 11 is 0. The molecule has 4 rings (SSSR count). The number of hydrogen-bond donors (Lipinski definition) is 0. The van der Waals surface area contributed by atoms with E-state index in [2.05, 4.69) is 30.9 Å². The van der Waals surface area contributed by atoms with Gasteiger partial charge in [-0.1, -0.05) is 43.3 Å². The van der Waals surface area contributed by atoms with Crippen LogP contribution >= 0.6 is 0 Å². The number of rotatable bonds is 8. The topological polar surface area (TPSA) is 158 Å². The molecular formula is C19H26N12O3. The molecule has 0 fully saturated rings. The van der Waals surface area contributed by atoms with E-state index in [1.807, 2.05) is 27.7 Å². The Morgan fingerprint density at radius 3 is 1.26 bits per heavy atom. The number of hydrogen-bond acceptors (Lipinski definition) is 9. The molecular weight excluding hydrogens is 444 g/mol. The van der Waals surface area contributed by atoms with Gasteiger partial charge < -0.3 is 0 Å². The fourth-order valence-corrected chi connectivity index (χ4v) is 3.24. The van der Waals surface area contributed by atoms with Gasteiger partial charge in [0, 0.05) is 0 Å². The van der Waals surface area contributed by atoms with Crippen LogP contribution in [0.2, 0.25) is 0 Å². The van der Waals surface area contributed by atoms with Crippen LogP contribution in [-0.2, 0) is 20.0 Å². The Kier molecular flexibility index (Phi) is 6.08. The molecule has 180 valence electrons. The van der Waals surface area contributed by atoms with Crippen molar-refractivity contribution in [2.24, 2.45) is 0 Å². The van der Waals surface area contributed by atoms with Crippen molar-refractivity contribution in [2.45, 2.75) is 66.5 Å². The van der Waals surface area contributed by atoms with Gasteiger partial charge in [-0.3, -0.25) is 0 Å². The van der Waals surface area contributed by atoms with E-state index in [4.69, 9.17) is 0 Å². The minimum atomic E-state index is -0.803. The summed E-state index contributed by atoms with van der Waals surface area (Å²) < 4.78 is 6.85. The fourth-order valence-electron chi connectivity index (χ4n) is 3.24. The zero-order valence-electron chi connectivity index (χ0n) is 19.6. The molecule has 0 aromatic carbocycles. The maximum atomic E-state index is 13.3. The second kappa shape index (κ2) is 8.99. The van der Waals surface area contributed by atoms with Crippen LogP contribution in [-0.4, -0.2) is 58.7 Å². The third-order valence-corrected chi connectivity index (χ3v) is 5.19. The second-order valence-electron chi connectivity index (χ2n) is 8.63. The molecule has 4 aromatic heterocycles. The molecule has 0 atom stereocenters. The van der Waals surface area contributed by atoms with Gasteiger partial charge in [0.2, 0.25) is 0 Å². The van der Waals surface area contributed by atoms with Gasteiger partial charge in [-0.2, -0.15) is 0 Å². The summed E-state index contributed by atoms with van der Waals surface area (Å²) in [7, 11) is 0. The molecule has 15 nitrogen and oxygen atoms in total. The predicted molar refractivity (Wildman–Crippen MR) is 118 cm³/mol. The second-order valence-corrected chi connectivity index (χ2v) is 8.63. The van der Waals surface area contributed by atoms with Crippen LogP contribution in [0.5, 0.6) is 0 Å². The van der Waals surface area contributed by atoms with E-state index in [1.165, 1.54) is 14.0 Å². The molecule has 0 N–H and O–H groups in total. The molecule has 4 aromatic rings. The van der Waals surface area contributed by atoms with E-state index < -0.39 is 17.1 Å². The van der Waals surface area contributed by atoms with Gasteiger partial charge in [0.1, 0.15) is 20.0 Å². The maximum Gasteiger partial charge on any atom is 0.339 e. The first kappa shape index (κ1) is 23.0. The number of nitrogens with zero attached hydrogens (tertiary/aromatic N) is 12. The van der Waals surface area contributed by atoms with E-state index in [9.17, 15) is 14.4 Å². The molecule has 0 radical (unpaired) electrons. The average molecular weight is 470 g/mol. The van der Waals surface area contributed by atoms with Gasteiger partial charge in [-0.15, -0.1) is 15.3 Å². The van der Waals surface area contributed by atoms with Crippen LogP contribution in [0.1, 0.15) is 56.6 Å². The van der Waals surface area contributed by atoms with Crippen molar-refractivity contribution < 1.29 is 0 Å². The zero-order valence-corrected chi connectivity index (χ0v) is 19.6. The summed E-state index contributed by atoms with van der Waals surface area (Å²) in [5, 5.41) is 23.9. The average Bonchev–Trinajstić information content (AvgIpc) is 3.53. The van der Waals surface area contributed by atoms with Crippen molar-refractivity contribution in [2.75, 3.05) is 0 Å². The molecule has 0 spiro atoms. The highest BCUT2D eigenvalue weighted by Crippen LogP contribution is 2.09. The third-order valence-electron chi connectivity index (χ3n) is 5.19. The summed E-state index contributed by atoms with van der Waals surface area (Å²) in [5.74, 6) is 0.239. The van der Waals surface area contributed by atoms with Crippen LogP contribution in [0.3, 0.4) is 0 Å². The first-order valence-corrected chi connectivity index (χ1v) is 10.7. The predicted octanol–water partition coefficient (Wildman–Crippen LogP) is -0.981. The van der Waals surface area contributed by atoms with Crippen molar-refractivity contribution in [3.63, 3.8) is 0 Å². The lowest BCUT2D eigenvalue weighted by Crippen LogP contribution is -2.56. The monoisotopic (exact) mass is 470 g/mol. The molecule has 0 saturated heterocycles. The van der Waals surface area contributed by atoms with Crippen LogP contribution in [0.25, 0.3) is 0 Å². The summed E-state index contributed by atoms with van der Waals surface area (Å²) in [4.78, 5) is 39.7. The Labute approximate surface area is 192 Å². The Morgan fingerprint density at radius 2 is 0.971 bits per heavy atom. The smallest absolute Gasteiger partial charge is 0.247 e. The Morgan fingerprint density at radius 1 is 0.618 bits per heavy atom. The van der Waals surface area contributed by atoms with E-state index in [0.717, 1.165) is 13.7 Å². The highest BCUT2D eigenvalue weighted by atomic mass is 16.2. The lowest BCUT2D eigenvalue weighted by Gasteiger charge is -2.13. The van der Waals surface area contributed by atoms with Gasteiger partial charge in [-0.25, -0.2) is 42.1 Å². The summed E-state index contributed by atoms with van der Waals surface area (Å²) in [6.07, 6.45) is 4.90. The molecule has 4 heterocycles. The SMILES string of the molecule is Cc1cn(Cn2c(=O)n(Cn3cc(C(C)C)nn3)c(=O)n(Cn3cc(C(C)C)nn3)c2=O)nn1. The highest BCUT2D eigenvalue weighted by molar-refractivity contribution is 4.99. The van der Waals surface area contributed by atoms with Crippen molar-refractivity contribution in [3.05, 3.63) is 67.1 Å². The molecule has 0 aliphatic carbocycles. The van der Waals surface area contributed by atoms with Crippen LogP contribution in [0.4, 0.5) is 0 Å². The molecule has 0 aliphatic rings. The minimum Gasteiger partial charge on any atom is -0.247 e. The highest BCUT2D eigenvalue weighted by Gasteiger charge is 2.18. The van der Waals surface area contributed by atoms with E-state index in [-0.39, 0.29) is 31.8 Å². The standard InChI is InChI=1S/C19H26N12O3/c1-12(2)15-7-27(24-21-15)10-30-17(32)29(9-26-6-14(5)20-23-26)18(33)31(19(30)34)11-28-8-16(13(3)4)22-25-28/h6-8,12-13H,9-11H2,1-5H3. The van der Waals surface area contributed by atoms with Crippen LogP contribution in [0, 0.1) is 6.92 Å². The maximum absolute atomic E-state index is 13.3. The van der Waals surface area contributed by atoms with Gasteiger partial charge in [-0.05, 0) is 18.8 Å². The molecule has 15 heteroatoms. The van der Waals surface area contributed by atoms with E-state index in [1.54, 1.807) is 25.5 Å². The van der Waals surface area contributed by atoms with Crippen LogP contribution in [0.15, 0.2) is 33.0 Å². The zero-order chi connectivity index (χ0) is 24.6. The molecule has 0 saturated carbocycles. The summed E-state index contributed by atoms with van der Waals surface area (Å²) in [5.41, 5.74) is -0.365. The van der Waals surface area contributed by atoms with Crippen LogP contribution < -0.4 is 17.1 Å². The van der Waals surface area contributed by atoms with Crippen molar-refractivity contribution in [1.29, 1.82) is 0 Å². The van der Waals surface area contributed by atoms with Crippen molar-refractivity contribution >= 4 is 0 Å². The van der Waals surface area contributed by atoms with Gasteiger partial charge >= 0.3 is 17.1 Å². The summed E-state index contributed by atoms with van der Waals surface area (Å²) in [6.45, 7) is 8.90. The van der Waals surface area contributed by atoms with Crippen molar-refractivity contribution in [3.8, 4) is 0 Å². The van der Waals surface area contributed by atoms with Gasteiger partial charge in [0.25, 0.3) is 0 Å². The Bertz CT molecular complexity index is 1390. The lowest BCUT2D eigenvalue weighted by atomic mass is 10.2. The Hall–Kier alpha value is -4.17. The fraction of sp³-hybridized carbons (Fsp3) is 0.526. The quantitative estimate of drug-likeness (QED) is 0.315. The first-order chi connectivity index (χ1) is 16.1. The number of aromatic nitrogens is 12. The summed E-state index contributed by atoms with van der Waals surface area (Å²) in [6, 6.07) is 0. The lowest BCUT2D eigenvalue weighted by molar-refractivity contribution is 0.372.